The van der Waals surface area contributed by atoms with Gasteiger partial charge in [0.25, 0.3) is 0 Å². The van der Waals surface area contributed by atoms with Gasteiger partial charge in [0.2, 0.25) is 0 Å². The predicted octanol–water partition coefficient (Wildman–Crippen LogP) is 19.1. The zero-order valence-corrected chi connectivity index (χ0v) is 41.8. The van der Waals surface area contributed by atoms with Crippen LogP contribution in [0.25, 0.3) is 0 Å². The van der Waals surface area contributed by atoms with E-state index in [2.05, 4.69) is 30.7 Å². The molecule has 82 heavy (non-hydrogen) atoms. The van der Waals surface area contributed by atoms with Crippen LogP contribution in [0.4, 0.5) is 90.7 Å². The Morgan fingerprint density at radius 1 is 0.268 bits per heavy atom. The molecule has 0 amide bonds. The summed E-state index contributed by atoms with van der Waals surface area (Å²) in [6.07, 6.45) is -13.5. The molecule has 9 rings (SSSR count). The summed E-state index contributed by atoms with van der Waals surface area (Å²) in [6, 6.07) is 49.3. The van der Waals surface area contributed by atoms with Crippen molar-refractivity contribution in [1.82, 2.24) is 0 Å². The van der Waals surface area contributed by atoms with Crippen LogP contribution in [-0.2, 0) is 18.5 Å². The average molecular weight is 1120 g/mol. The number of halogens is 9. The third-order valence-electron chi connectivity index (χ3n) is 11.7. The quantitative estimate of drug-likeness (QED) is 0.0428. The number of carbonyl (C=O) groups excluding carboxylic acids is 3. The summed E-state index contributed by atoms with van der Waals surface area (Å²) in [6.45, 7) is 0. The van der Waals surface area contributed by atoms with E-state index in [1.807, 2.05) is 0 Å². The topological polar surface area (TPSA) is 156 Å². The minimum Gasteiger partial charge on any atom is -0.423 e. The van der Waals surface area contributed by atoms with Gasteiger partial charge in [-0.1, -0.05) is 0 Å². The van der Waals surface area contributed by atoms with Crippen molar-refractivity contribution in [1.29, 1.82) is 0 Å². The summed E-state index contributed by atoms with van der Waals surface area (Å²) in [5.41, 5.74) is 1.20. The minimum atomic E-state index is -4.49. The molecular formula is C60H36F9N7O6. The number of anilines is 3. The molecule has 0 bridgehead atoms. The number of esters is 3. The summed E-state index contributed by atoms with van der Waals surface area (Å²) < 4.78 is 133. The van der Waals surface area contributed by atoms with Gasteiger partial charge in [-0.3, -0.25) is 0 Å². The highest BCUT2D eigenvalue weighted by Gasteiger charge is 2.32. The number of hydrogen-bond donors (Lipinski definition) is 0. The third kappa shape index (κ3) is 14.7. The molecule has 0 heterocycles. The number of carbonyl (C=O) groups is 3. The van der Waals surface area contributed by atoms with Gasteiger partial charge in [-0.25, -0.2) is 14.4 Å². The number of ether oxygens (including phenoxy) is 3. The van der Waals surface area contributed by atoms with E-state index in [1.54, 1.807) is 41.3 Å². The zero-order chi connectivity index (χ0) is 58.0. The van der Waals surface area contributed by atoms with Crippen LogP contribution in [-0.4, -0.2) is 17.9 Å². The van der Waals surface area contributed by atoms with E-state index in [0.29, 0.717) is 34.1 Å². The normalized spacial score (nSPS) is 12.0. The molecule has 0 saturated carbocycles. The zero-order valence-electron chi connectivity index (χ0n) is 41.8. The van der Waals surface area contributed by atoms with Crippen molar-refractivity contribution in [3.63, 3.8) is 0 Å². The van der Waals surface area contributed by atoms with Gasteiger partial charge in [-0.2, -0.15) is 70.2 Å². The molecule has 410 valence electrons. The lowest BCUT2D eigenvalue weighted by Gasteiger charge is -2.26. The molecule has 0 aliphatic carbocycles. The van der Waals surface area contributed by atoms with Crippen LogP contribution >= 0.6 is 0 Å². The van der Waals surface area contributed by atoms with Crippen LogP contribution in [0.5, 0.6) is 17.2 Å². The van der Waals surface area contributed by atoms with Crippen molar-refractivity contribution in [2.24, 2.45) is 30.7 Å². The van der Waals surface area contributed by atoms with Crippen LogP contribution in [0.1, 0.15) is 47.8 Å². The summed E-state index contributed by atoms with van der Waals surface area (Å²) >= 11 is 0. The lowest BCUT2D eigenvalue weighted by molar-refractivity contribution is -0.138. The monoisotopic (exact) mass is 1120 g/mol. The Morgan fingerprint density at radius 2 is 0.451 bits per heavy atom. The largest absolute Gasteiger partial charge is 0.423 e. The van der Waals surface area contributed by atoms with Gasteiger partial charge in [0.1, 0.15) is 17.2 Å². The van der Waals surface area contributed by atoms with Crippen molar-refractivity contribution >= 4 is 69.1 Å². The maximum Gasteiger partial charge on any atom is 0.416 e. The van der Waals surface area contributed by atoms with Gasteiger partial charge in [-0.15, -0.1) is 0 Å². The van der Waals surface area contributed by atoms with Crippen LogP contribution in [0.3, 0.4) is 0 Å². The fourth-order valence-corrected chi connectivity index (χ4v) is 7.43. The van der Waals surface area contributed by atoms with Gasteiger partial charge < -0.3 is 19.1 Å². The Bertz CT molecular complexity index is 3380. The van der Waals surface area contributed by atoms with Crippen LogP contribution in [0.2, 0.25) is 0 Å². The molecular weight excluding hydrogens is 1090 g/mol. The Hall–Kier alpha value is -10.6. The first-order chi connectivity index (χ1) is 39.2. The summed E-state index contributed by atoms with van der Waals surface area (Å²) in [4.78, 5) is 41.8. The second-order valence-electron chi connectivity index (χ2n) is 17.4. The number of rotatable bonds is 15. The van der Waals surface area contributed by atoms with E-state index in [1.165, 1.54) is 146 Å². The highest BCUT2D eigenvalue weighted by molar-refractivity contribution is 5.94. The molecule has 0 fully saturated rings. The van der Waals surface area contributed by atoms with Crippen molar-refractivity contribution < 1.29 is 68.1 Å². The molecule has 0 saturated heterocycles. The molecule has 13 nitrogen and oxygen atoms in total. The van der Waals surface area contributed by atoms with E-state index in [4.69, 9.17) is 14.2 Å². The molecule has 0 atom stereocenters. The first-order valence-corrected chi connectivity index (χ1v) is 24.0. The first-order valence-electron chi connectivity index (χ1n) is 24.0. The van der Waals surface area contributed by atoms with Crippen molar-refractivity contribution in [3.05, 3.63) is 252 Å². The lowest BCUT2D eigenvalue weighted by Crippen LogP contribution is -2.13. The van der Waals surface area contributed by atoms with E-state index in [0.717, 1.165) is 36.4 Å². The first kappa shape index (κ1) is 56.1. The molecule has 0 aliphatic rings. The smallest absolute Gasteiger partial charge is 0.416 e. The molecule has 22 heteroatoms. The number of nitrogens with zero attached hydrogens (tertiary/aromatic N) is 7. The predicted molar refractivity (Wildman–Crippen MR) is 282 cm³/mol. The molecule has 0 spiro atoms. The molecule has 0 aliphatic heterocycles. The van der Waals surface area contributed by atoms with Crippen LogP contribution < -0.4 is 19.1 Å². The third-order valence-corrected chi connectivity index (χ3v) is 11.7. The van der Waals surface area contributed by atoms with Crippen molar-refractivity contribution in [2.75, 3.05) is 4.90 Å². The fourth-order valence-electron chi connectivity index (χ4n) is 7.43. The second-order valence-corrected chi connectivity index (χ2v) is 17.4. The van der Waals surface area contributed by atoms with E-state index < -0.39 is 53.1 Å². The van der Waals surface area contributed by atoms with Crippen molar-refractivity contribution in [2.45, 2.75) is 18.5 Å². The Labute approximate surface area is 458 Å². The summed E-state index contributed by atoms with van der Waals surface area (Å²) in [5, 5.41) is 23.9. The maximum absolute atomic E-state index is 13.3. The fraction of sp³-hybridized carbons (Fsp3) is 0.0500. The molecule has 9 aromatic carbocycles. The van der Waals surface area contributed by atoms with Crippen molar-refractivity contribution in [3.8, 4) is 17.2 Å². The molecule has 0 aromatic heterocycles. The number of benzene rings is 9. The number of azo groups is 3. The van der Waals surface area contributed by atoms with Gasteiger partial charge in [0.05, 0.1) is 67.5 Å². The van der Waals surface area contributed by atoms with E-state index in [-0.39, 0.29) is 51.0 Å². The standard InChI is InChI=1S/C60H36F9N7O6/c61-58(62,63)40-7-13-43(14-8-40)70-73-46-19-31-52(32-20-46)80-55(77)37-1-25-49(26-2-37)76(50-27-3-38(4-28-50)56(78)81-53-33-21-47(22-34-53)74-71-44-15-9-41(10-16-44)59(64,65)66)51-29-5-39(6-30-51)57(79)82-54-35-23-48(24-36-54)75-72-45-17-11-42(12-18-45)60(67,68)69/h1-36H. The van der Waals surface area contributed by atoms with Crippen LogP contribution in [0.15, 0.2) is 249 Å². The summed E-state index contributed by atoms with van der Waals surface area (Å²) in [5.74, 6) is -1.64. The number of hydrogen-bond acceptors (Lipinski definition) is 13. The van der Waals surface area contributed by atoms with Gasteiger partial charge in [-0.05, 0) is 218 Å². The average Bonchev–Trinajstić information content (AvgIpc) is 3.56. The van der Waals surface area contributed by atoms with Gasteiger partial charge in [0, 0.05) is 17.1 Å². The van der Waals surface area contributed by atoms with Gasteiger partial charge in [0.15, 0.2) is 0 Å². The highest BCUT2D eigenvalue weighted by Crippen LogP contribution is 2.37. The Balaban J connectivity index is 0.883. The Morgan fingerprint density at radius 3 is 0.634 bits per heavy atom. The number of alkyl halides is 9. The van der Waals surface area contributed by atoms with E-state index in [9.17, 15) is 53.9 Å². The minimum absolute atomic E-state index is 0.163. The Kier molecular flexibility index (Phi) is 16.5. The lowest BCUT2D eigenvalue weighted by atomic mass is 10.1. The highest BCUT2D eigenvalue weighted by atomic mass is 19.4. The molecule has 9 aromatic rings. The SMILES string of the molecule is O=C(Oc1ccc(N=Nc2ccc(C(F)(F)F)cc2)cc1)c1ccc(N(c2ccc(C(=O)Oc3ccc(N=Nc4ccc(C(F)(F)F)cc4)cc3)cc2)c2ccc(C(=O)Oc3ccc(N=Nc4ccc(C(F)(F)F)cc4)cc3)cc2)cc1. The van der Waals surface area contributed by atoms with Gasteiger partial charge >= 0.3 is 36.4 Å². The maximum atomic E-state index is 13.3. The van der Waals surface area contributed by atoms with Crippen LogP contribution in [0, 0.1) is 0 Å². The summed E-state index contributed by atoms with van der Waals surface area (Å²) in [7, 11) is 0. The molecule has 0 unspecified atom stereocenters. The molecule has 0 radical (unpaired) electrons. The molecule has 0 N–H and O–H groups in total. The van der Waals surface area contributed by atoms with E-state index >= 15 is 0 Å². The second kappa shape index (κ2) is 24.2.